The Labute approximate surface area is 181 Å². The van der Waals surface area contributed by atoms with Crippen molar-refractivity contribution in [3.8, 4) is 0 Å². The van der Waals surface area contributed by atoms with Gasteiger partial charge in [0.05, 0.1) is 12.1 Å². The maximum Gasteiger partial charge on any atom is 0.407 e. The average Bonchev–Trinajstić information content (AvgIpc) is 2.77. The first-order chi connectivity index (χ1) is 15.0. The van der Waals surface area contributed by atoms with E-state index in [9.17, 15) is 14.4 Å². The number of rotatable bonds is 12. The fourth-order valence-corrected chi connectivity index (χ4v) is 3.01. The van der Waals surface area contributed by atoms with Crippen molar-refractivity contribution < 1.29 is 24.3 Å². The first-order valence-corrected chi connectivity index (χ1v) is 10.6. The summed E-state index contributed by atoms with van der Waals surface area (Å²) in [6.45, 7) is 2.29. The molecule has 9 nitrogen and oxygen atoms in total. The normalized spacial score (nSPS) is 11.5. The van der Waals surface area contributed by atoms with Crippen LogP contribution in [-0.2, 0) is 14.3 Å². The zero-order chi connectivity index (χ0) is 22.5. The van der Waals surface area contributed by atoms with E-state index in [0.717, 1.165) is 23.7 Å². The van der Waals surface area contributed by atoms with E-state index < -0.39 is 18.0 Å². The molecule has 1 heterocycles. The van der Waals surface area contributed by atoms with Gasteiger partial charge in [0.2, 0.25) is 11.8 Å². The van der Waals surface area contributed by atoms with Gasteiger partial charge in [-0.2, -0.15) is 0 Å². The molecule has 168 valence electrons. The van der Waals surface area contributed by atoms with Gasteiger partial charge in [0.25, 0.3) is 0 Å². The Kier molecular flexibility index (Phi) is 10.2. The van der Waals surface area contributed by atoms with E-state index in [1.54, 1.807) is 17.7 Å². The van der Waals surface area contributed by atoms with Gasteiger partial charge in [-0.1, -0.05) is 32.3 Å². The number of hydroxylamine groups is 1. The zero-order valence-electron chi connectivity index (χ0n) is 17.7. The van der Waals surface area contributed by atoms with E-state index in [2.05, 4.69) is 15.6 Å². The summed E-state index contributed by atoms with van der Waals surface area (Å²) in [7, 11) is 0. The van der Waals surface area contributed by atoms with E-state index in [-0.39, 0.29) is 12.3 Å². The Morgan fingerprint density at radius 1 is 1.13 bits per heavy atom. The van der Waals surface area contributed by atoms with Gasteiger partial charge in [-0.15, -0.1) is 0 Å². The largest absolute Gasteiger partial charge is 0.450 e. The number of nitrogens with one attached hydrogen (secondary N) is 3. The lowest BCUT2D eigenvalue weighted by Crippen LogP contribution is -2.44. The van der Waals surface area contributed by atoms with E-state index >= 15 is 0 Å². The van der Waals surface area contributed by atoms with Crippen LogP contribution in [0.5, 0.6) is 0 Å². The molecule has 0 bridgehead atoms. The third-order valence-corrected chi connectivity index (χ3v) is 4.73. The van der Waals surface area contributed by atoms with Crippen molar-refractivity contribution in [3.05, 3.63) is 36.5 Å². The van der Waals surface area contributed by atoms with Gasteiger partial charge in [0.1, 0.15) is 6.04 Å². The summed E-state index contributed by atoms with van der Waals surface area (Å²) in [5.41, 5.74) is 3.02. The SMILES string of the molecule is CCCCOC(=O)N[C@@H](CCCCCC(=O)NO)C(=O)Nc1ccc2ncccc2c1. The number of benzene rings is 1. The summed E-state index contributed by atoms with van der Waals surface area (Å²) >= 11 is 0. The third kappa shape index (κ3) is 8.59. The topological polar surface area (TPSA) is 130 Å². The van der Waals surface area contributed by atoms with Crippen molar-refractivity contribution in [2.75, 3.05) is 11.9 Å². The predicted octanol–water partition coefficient (Wildman–Crippen LogP) is 3.52. The van der Waals surface area contributed by atoms with E-state index in [1.165, 1.54) is 0 Å². The Morgan fingerprint density at radius 2 is 1.97 bits per heavy atom. The van der Waals surface area contributed by atoms with Gasteiger partial charge >= 0.3 is 6.09 Å². The smallest absolute Gasteiger partial charge is 0.407 e. The highest BCUT2D eigenvalue weighted by Crippen LogP contribution is 2.18. The van der Waals surface area contributed by atoms with Crippen LogP contribution in [-0.4, -0.2) is 40.7 Å². The molecule has 2 aromatic rings. The third-order valence-electron chi connectivity index (χ3n) is 4.73. The fourth-order valence-electron chi connectivity index (χ4n) is 3.01. The molecular weight excluding hydrogens is 400 g/mol. The van der Waals surface area contributed by atoms with E-state index in [4.69, 9.17) is 9.94 Å². The second kappa shape index (κ2) is 13.2. The quantitative estimate of drug-likeness (QED) is 0.232. The van der Waals surface area contributed by atoms with Crippen LogP contribution in [0, 0.1) is 0 Å². The Hall–Kier alpha value is -3.20. The molecule has 4 N–H and O–H groups in total. The molecule has 0 aliphatic rings. The minimum Gasteiger partial charge on any atom is -0.450 e. The predicted molar refractivity (Wildman–Crippen MR) is 117 cm³/mol. The number of fused-ring (bicyclic) bond motifs is 1. The first kappa shape index (κ1) is 24.1. The summed E-state index contributed by atoms with van der Waals surface area (Å²) in [4.78, 5) is 40.3. The van der Waals surface area contributed by atoms with Crippen LogP contribution in [0.3, 0.4) is 0 Å². The molecule has 0 unspecified atom stereocenters. The summed E-state index contributed by atoms with van der Waals surface area (Å²) in [5.74, 6) is -0.790. The highest BCUT2D eigenvalue weighted by atomic mass is 16.5. The number of unbranched alkanes of at least 4 members (excludes halogenated alkanes) is 3. The molecular formula is C22H30N4O5. The zero-order valence-corrected chi connectivity index (χ0v) is 17.7. The lowest BCUT2D eigenvalue weighted by atomic mass is 10.1. The van der Waals surface area contributed by atoms with Crippen LogP contribution in [0.25, 0.3) is 10.9 Å². The molecule has 1 aromatic heterocycles. The minimum atomic E-state index is -0.773. The van der Waals surface area contributed by atoms with Crippen molar-refractivity contribution in [1.82, 2.24) is 15.8 Å². The number of ether oxygens (including phenoxy) is 1. The van der Waals surface area contributed by atoms with Crippen molar-refractivity contribution in [3.63, 3.8) is 0 Å². The monoisotopic (exact) mass is 430 g/mol. The number of anilines is 1. The number of nitrogens with zero attached hydrogens (tertiary/aromatic N) is 1. The van der Waals surface area contributed by atoms with Crippen molar-refractivity contribution >= 4 is 34.5 Å². The number of alkyl carbamates (subject to hydrolysis) is 1. The Bertz CT molecular complexity index is 874. The van der Waals surface area contributed by atoms with Gasteiger partial charge in [-0.05, 0) is 43.5 Å². The minimum absolute atomic E-state index is 0.199. The van der Waals surface area contributed by atoms with Crippen LogP contribution in [0.2, 0.25) is 0 Å². The van der Waals surface area contributed by atoms with Crippen LogP contribution in [0.15, 0.2) is 36.5 Å². The van der Waals surface area contributed by atoms with E-state index in [1.807, 2.05) is 31.2 Å². The second-order valence-electron chi connectivity index (χ2n) is 7.22. The number of aromatic nitrogens is 1. The van der Waals surface area contributed by atoms with Gasteiger partial charge in [-0.3, -0.25) is 19.8 Å². The molecule has 2 rings (SSSR count). The molecule has 31 heavy (non-hydrogen) atoms. The molecule has 9 heteroatoms. The maximum atomic E-state index is 12.8. The molecule has 1 atom stereocenters. The molecule has 0 aliphatic carbocycles. The van der Waals surface area contributed by atoms with Crippen LogP contribution >= 0.6 is 0 Å². The number of hydrogen-bond donors (Lipinski definition) is 4. The maximum absolute atomic E-state index is 12.8. The number of carbonyl (C=O) groups is 3. The molecule has 0 saturated heterocycles. The number of amides is 3. The van der Waals surface area contributed by atoms with Crippen molar-refractivity contribution in [1.29, 1.82) is 0 Å². The molecule has 0 spiro atoms. The standard InChI is InChI=1S/C22H30N4O5/c1-2-3-14-31-22(29)25-19(9-5-4-6-10-20(27)26-30)21(28)24-17-11-12-18-16(15-17)8-7-13-23-18/h7-8,11-13,15,19,30H,2-6,9-10,14H2,1H3,(H,24,28)(H,25,29)(H,26,27)/t19-/m0/s1. The van der Waals surface area contributed by atoms with Crippen molar-refractivity contribution in [2.24, 2.45) is 0 Å². The highest BCUT2D eigenvalue weighted by Gasteiger charge is 2.21. The second-order valence-corrected chi connectivity index (χ2v) is 7.22. The number of hydrogen-bond acceptors (Lipinski definition) is 6. The molecule has 1 aromatic carbocycles. The van der Waals surface area contributed by atoms with Gasteiger partial charge in [0.15, 0.2) is 0 Å². The van der Waals surface area contributed by atoms with Crippen LogP contribution in [0.1, 0.15) is 51.9 Å². The molecule has 3 amide bonds. The molecule has 0 fully saturated rings. The lowest BCUT2D eigenvalue weighted by Gasteiger charge is -2.18. The fraction of sp³-hybridized carbons (Fsp3) is 0.455. The van der Waals surface area contributed by atoms with E-state index in [0.29, 0.717) is 38.0 Å². The molecule has 0 saturated carbocycles. The van der Waals surface area contributed by atoms with Crippen molar-refractivity contribution in [2.45, 2.75) is 57.9 Å². The summed E-state index contributed by atoms with van der Waals surface area (Å²) in [6.07, 6.45) is 5.18. The van der Waals surface area contributed by atoms with Crippen LogP contribution < -0.4 is 16.1 Å². The molecule has 0 radical (unpaired) electrons. The molecule has 0 aliphatic heterocycles. The average molecular weight is 431 g/mol. The number of carbonyl (C=O) groups excluding carboxylic acids is 3. The summed E-state index contributed by atoms with van der Waals surface area (Å²) in [6, 6.07) is 8.36. The summed E-state index contributed by atoms with van der Waals surface area (Å²) < 4.78 is 5.13. The van der Waals surface area contributed by atoms with Gasteiger partial charge in [-0.25, -0.2) is 10.3 Å². The first-order valence-electron chi connectivity index (χ1n) is 10.6. The Morgan fingerprint density at radius 3 is 2.74 bits per heavy atom. The number of pyridine rings is 1. The van der Waals surface area contributed by atoms with Gasteiger partial charge < -0.3 is 15.4 Å². The lowest BCUT2D eigenvalue weighted by molar-refractivity contribution is -0.129. The summed E-state index contributed by atoms with van der Waals surface area (Å²) in [5, 5.41) is 14.9. The van der Waals surface area contributed by atoms with Crippen LogP contribution in [0.4, 0.5) is 10.5 Å². The van der Waals surface area contributed by atoms with Gasteiger partial charge in [0, 0.05) is 23.7 Å². The Balaban J connectivity index is 1.96. The highest BCUT2D eigenvalue weighted by molar-refractivity contribution is 5.98.